The van der Waals surface area contributed by atoms with Gasteiger partial charge in [0.05, 0.1) is 39.0 Å². The molecule has 12 aromatic carbocycles. The molecule has 2 aliphatic heterocycles. The van der Waals surface area contributed by atoms with E-state index < -0.39 is 29.0 Å². The van der Waals surface area contributed by atoms with Gasteiger partial charge in [0.25, 0.3) is 23.6 Å². The Morgan fingerprint density at radius 3 is 1.20 bits per heavy atom. The van der Waals surface area contributed by atoms with Crippen molar-refractivity contribution in [1.29, 1.82) is 0 Å². The molecular weight excluding hydrogens is 1360 g/mol. The van der Waals surface area contributed by atoms with E-state index in [2.05, 4.69) is 125 Å². The summed E-state index contributed by atoms with van der Waals surface area (Å²) in [4.78, 5) is 57.6. The lowest BCUT2D eigenvalue weighted by molar-refractivity contribution is 0.0910. The first kappa shape index (κ1) is 68.5. The molecule has 0 saturated carbocycles. The Morgan fingerprint density at radius 2 is 0.781 bits per heavy atom. The second-order valence-electron chi connectivity index (χ2n) is 22.9. The molecule has 6 unspecified atom stereocenters. The van der Waals surface area contributed by atoms with Gasteiger partial charge in [0, 0.05) is 10.8 Å². The van der Waals surface area contributed by atoms with Crippen molar-refractivity contribution < 1.29 is 44.0 Å². The number of hydrogen-bond donors (Lipinski definition) is 3. The maximum Gasteiger partial charge on any atom is 0.266 e. The van der Waals surface area contributed by atoms with Gasteiger partial charge in [-0.3, -0.25) is 19.2 Å². The SMILES string of the molecule is CC.CC(C)c1ccc2cc(O)ccc2c1.O=C1c2ccc(Oc3ccc(C4(c5ccc(Oc6ccc7c(c6)C(=O)N(c6cccc8cc(O)ccc68)C7=O)cc5)c5ccccc5-c5ccccc54)cc3)cc2C(=O)N1c1cccc2cc(O)ccc12.PPP(P(P)P)P(P)P. The van der Waals surface area contributed by atoms with Crippen molar-refractivity contribution in [3.63, 3.8) is 0 Å². The smallest absolute Gasteiger partial charge is 0.266 e. The van der Waals surface area contributed by atoms with E-state index in [9.17, 15) is 34.5 Å². The molecule has 0 fully saturated rings. The van der Waals surface area contributed by atoms with Crippen LogP contribution in [0.15, 0.2) is 243 Å². The molecule has 12 aromatic rings. The summed E-state index contributed by atoms with van der Waals surface area (Å²) in [6.07, 6.45) is 0. The normalized spacial score (nSPS) is 13.4. The number of phenolic OH excluding ortho intramolecular Hbond substituents is 3. The molecule has 0 bridgehead atoms. The summed E-state index contributed by atoms with van der Waals surface area (Å²) < 4.78 is 12.8. The average Bonchev–Trinajstić information content (AvgIpc) is 1.53. The number of amides is 4. The van der Waals surface area contributed by atoms with Crippen LogP contribution < -0.4 is 19.3 Å². The third kappa shape index (κ3) is 13.3. The highest BCUT2D eigenvalue weighted by Gasteiger charge is 2.46. The van der Waals surface area contributed by atoms with Crippen LogP contribution in [0.25, 0.3) is 43.4 Å². The monoisotopic (exact) mass is 1430 g/mol. The molecule has 480 valence electrons. The summed E-state index contributed by atoms with van der Waals surface area (Å²) in [5.41, 5.74) is 8.88. The first-order chi connectivity index (χ1) is 46.4. The van der Waals surface area contributed by atoms with Crippen molar-refractivity contribution >= 4 is 141 Å². The maximum absolute atomic E-state index is 13.9. The summed E-state index contributed by atoms with van der Waals surface area (Å²) in [5.74, 6) is 1.11. The molecule has 1 aliphatic carbocycles. The molecule has 20 heteroatoms. The summed E-state index contributed by atoms with van der Waals surface area (Å²) >= 11 is 0. The van der Waals surface area contributed by atoms with E-state index in [0.29, 0.717) is 74.6 Å². The third-order valence-electron chi connectivity index (χ3n) is 16.9. The van der Waals surface area contributed by atoms with Crippen LogP contribution in [0, 0.1) is 0 Å². The van der Waals surface area contributed by atoms with E-state index in [4.69, 9.17) is 9.47 Å². The predicted octanol–water partition coefficient (Wildman–Crippen LogP) is 22.5. The fourth-order valence-corrected chi connectivity index (χ4v) is 73.7. The standard InChI is InChI=1S/C61H36N2O8.C13H14O.C2H6.H11P9/c64-39-19-27-45-35(31-39)7-5-13-55(45)62-57(66)49-29-25-43(33-51(49)59(62)68)70-41-21-15-37(16-22-41)61(53-11-3-1-9-47(53)48-10-2-4-12-54(48)61)38-17-23-42(24-18-38)71-44-26-30-50-52(34-44)60(69)63(58(50)67)56-14-6-8-36-32-40(65)20-28-46(36)56;1-9(2)10-3-4-12-8-13(14)6-5-11(12)7-10;1-2;1-6-9(7(2)3)8(4)5/h1-34,64-65H;3-9,14H,1-2H3;1-2H3;6H,1-5H2. The molecule has 0 radical (unpaired) electrons. The fraction of sp³-hybridized carbons (Fsp3) is 0.0789. The number of phenols is 3. The second kappa shape index (κ2) is 29.3. The van der Waals surface area contributed by atoms with Gasteiger partial charge in [0.2, 0.25) is 0 Å². The van der Waals surface area contributed by atoms with Crippen LogP contribution in [0.2, 0.25) is 0 Å². The molecule has 0 saturated heterocycles. The van der Waals surface area contributed by atoms with Gasteiger partial charge in [-0.25, -0.2) is 9.80 Å². The highest BCUT2D eigenvalue weighted by molar-refractivity contribution is 9.10. The average molecular weight is 1430 g/mol. The zero-order valence-electron chi connectivity index (χ0n) is 52.6. The van der Waals surface area contributed by atoms with Gasteiger partial charge in [-0.05, 0) is 209 Å². The zero-order chi connectivity index (χ0) is 67.7. The van der Waals surface area contributed by atoms with E-state index in [0.717, 1.165) is 46.7 Å². The minimum absolute atomic E-state index is 0.0883. The van der Waals surface area contributed by atoms with Crippen molar-refractivity contribution in [2.75, 3.05) is 9.80 Å². The minimum atomic E-state index is -0.751. The number of imide groups is 2. The first-order valence-electron chi connectivity index (χ1n) is 30.7. The lowest BCUT2D eigenvalue weighted by atomic mass is 9.68. The molecule has 2 heterocycles. The number of fused-ring (bicyclic) bond motifs is 8. The summed E-state index contributed by atoms with van der Waals surface area (Å²) in [6, 6.07) is 74.5. The zero-order valence-corrected chi connectivity index (χ0v) is 62.0. The molecule has 0 aromatic heterocycles. The molecule has 6 atom stereocenters. The fourth-order valence-electron chi connectivity index (χ4n) is 12.6. The van der Waals surface area contributed by atoms with Crippen LogP contribution in [0.3, 0.4) is 0 Å². The molecule has 3 aliphatic rings. The van der Waals surface area contributed by atoms with E-state index in [-0.39, 0.29) is 47.7 Å². The molecule has 3 N–H and O–H groups in total. The molecule has 4 amide bonds. The topological polar surface area (TPSA) is 154 Å². The number of nitrogens with zero attached hydrogens (tertiary/aromatic N) is 2. The lowest BCUT2D eigenvalue weighted by Gasteiger charge is -2.34. The Morgan fingerprint density at radius 1 is 0.396 bits per heavy atom. The van der Waals surface area contributed by atoms with Crippen molar-refractivity contribution in [3.8, 4) is 51.4 Å². The summed E-state index contributed by atoms with van der Waals surface area (Å²) in [5, 5.41) is 34.4. The van der Waals surface area contributed by atoms with Crippen LogP contribution in [0.4, 0.5) is 11.4 Å². The van der Waals surface area contributed by atoms with E-state index in [1.807, 2.05) is 80.6 Å². The number of ether oxygens (including phenoxy) is 2. The number of aromatic hydroxyl groups is 3. The number of rotatable bonds is 12. The van der Waals surface area contributed by atoms with Gasteiger partial charge >= 0.3 is 0 Å². The number of carbonyl (C=O) groups is 4. The lowest BCUT2D eigenvalue weighted by Crippen LogP contribution is -2.29. The van der Waals surface area contributed by atoms with Crippen LogP contribution in [-0.2, 0) is 5.41 Å². The highest BCUT2D eigenvalue weighted by Crippen LogP contribution is 3.04. The van der Waals surface area contributed by atoms with Crippen molar-refractivity contribution in [2.45, 2.75) is 39.0 Å². The van der Waals surface area contributed by atoms with E-state index in [1.165, 1.54) is 32.9 Å². The van der Waals surface area contributed by atoms with Crippen molar-refractivity contribution in [1.82, 2.24) is 0 Å². The Labute approximate surface area is 574 Å². The molecule has 11 nitrogen and oxygen atoms in total. The van der Waals surface area contributed by atoms with Crippen LogP contribution in [0.5, 0.6) is 40.2 Å². The van der Waals surface area contributed by atoms with Crippen LogP contribution >= 0.6 is 73.6 Å². The molecular formula is C76H67N2O9P9. The summed E-state index contributed by atoms with van der Waals surface area (Å²) in [6.45, 7) is 9.01. The summed E-state index contributed by atoms with van der Waals surface area (Å²) in [7, 11) is 15.6. The van der Waals surface area contributed by atoms with Gasteiger partial charge in [-0.15, -0.1) is 44.6 Å². The first-order valence-corrected chi connectivity index (χ1v) is 46.3. The van der Waals surface area contributed by atoms with Crippen LogP contribution in [0.1, 0.15) is 103 Å². The molecule has 15 rings (SSSR count). The highest BCUT2D eigenvalue weighted by atomic mass is 33.2. The van der Waals surface area contributed by atoms with Gasteiger partial charge in [0.15, 0.2) is 0 Å². The molecule has 96 heavy (non-hydrogen) atoms. The minimum Gasteiger partial charge on any atom is -0.508 e. The maximum atomic E-state index is 13.9. The van der Waals surface area contributed by atoms with Crippen molar-refractivity contribution in [2.24, 2.45) is 0 Å². The van der Waals surface area contributed by atoms with Crippen LogP contribution in [-0.4, -0.2) is 38.9 Å². The van der Waals surface area contributed by atoms with Gasteiger partial charge in [-0.2, -0.15) is 0 Å². The second-order valence-corrected chi connectivity index (χ2v) is 53.5. The Bertz CT molecular complexity index is 4750. The largest absolute Gasteiger partial charge is 0.508 e. The van der Waals surface area contributed by atoms with Crippen molar-refractivity contribution in [3.05, 3.63) is 293 Å². The number of anilines is 2. The number of hydrogen-bond acceptors (Lipinski definition) is 9. The Balaban J connectivity index is 0.000000297. The van der Waals surface area contributed by atoms with Gasteiger partial charge in [0.1, 0.15) is 40.2 Å². The van der Waals surface area contributed by atoms with Gasteiger partial charge in [-0.1, -0.05) is 157 Å². The quantitative estimate of drug-likeness (QED) is 0.0801. The Hall–Kier alpha value is -7.43. The van der Waals surface area contributed by atoms with Gasteiger partial charge < -0.3 is 24.8 Å². The van der Waals surface area contributed by atoms with E-state index >= 15 is 0 Å². The number of carbonyl (C=O) groups excluding carboxylic acids is 4. The molecule has 0 spiro atoms. The predicted molar refractivity (Wildman–Crippen MR) is 419 cm³/mol. The number of benzene rings is 12. The third-order valence-corrected chi connectivity index (χ3v) is 61.2. The van der Waals surface area contributed by atoms with E-state index in [1.54, 1.807) is 97.1 Å². The Kier molecular flexibility index (Phi) is 20.9.